The molecule has 1 aromatic rings. The van der Waals surface area contributed by atoms with E-state index in [0.29, 0.717) is 26.3 Å². The zero-order valence-electron chi connectivity index (χ0n) is 11.6. The predicted molar refractivity (Wildman–Crippen MR) is 70.0 cm³/mol. The van der Waals surface area contributed by atoms with Crippen molar-refractivity contribution in [2.75, 3.05) is 40.5 Å². The normalized spacial score (nSPS) is 12.4. The Morgan fingerprint density at radius 1 is 1.20 bits per heavy atom. The molecular formula is C14H18F2N2O2. The highest BCUT2D eigenvalue weighted by Crippen LogP contribution is 2.23. The fourth-order valence-corrected chi connectivity index (χ4v) is 1.86. The van der Waals surface area contributed by atoms with Gasteiger partial charge in [0.15, 0.2) is 0 Å². The maximum Gasteiger partial charge on any atom is 0.131 e. The van der Waals surface area contributed by atoms with Gasteiger partial charge in [0.25, 0.3) is 0 Å². The van der Waals surface area contributed by atoms with E-state index in [-0.39, 0.29) is 5.56 Å². The third kappa shape index (κ3) is 4.53. The molecule has 20 heavy (non-hydrogen) atoms. The summed E-state index contributed by atoms with van der Waals surface area (Å²) in [6.07, 6.45) is 0. The molecule has 1 aromatic carbocycles. The second kappa shape index (κ2) is 8.59. The summed E-state index contributed by atoms with van der Waals surface area (Å²) in [5.74, 6) is -1.39. The Hall–Kier alpha value is -1.55. The predicted octanol–water partition coefficient (Wildman–Crippen LogP) is 2.12. The summed E-state index contributed by atoms with van der Waals surface area (Å²) in [4.78, 5) is 1.74. The second-order valence-electron chi connectivity index (χ2n) is 4.22. The van der Waals surface area contributed by atoms with E-state index in [1.54, 1.807) is 19.1 Å². The quantitative estimate of drug-likeness (QED) is 0.733. The molecule has 1 rings (SSSR count). The Morgan fingerprint density at radius 3 is 2.25 bits per heavy atom. The molecule has 0 heterocycles. The third-order valence-corrected chi connectivity index (χ3v) is 2.91. The molecule has 0 aromatic heterocycles. The molecule has 0 saturated carbocycles. The van der Waals surface area contributed by atoms with Gasteiger partial charge in [0.05, 0.1) is 19.3 Å². The Balaban J connectivity index is 2.96. The van der Waals surface area contributed by atoms with Gasteiger partial charge < -0.3 is 9.47 Å². The highest BCUT2D eigenvalue weighted by molar-refractivity contribution is 5.26. The van der Waals surface area contributed by atoms with Gasteiger partial charge in [0.2, 0.25) is 0 Å². The number of methoxy groups -OCH3 is 2. The van der Waals surface area contributed by atoms with Crippen molar-refractivity contribution in [1.82, 2.24) is 4.90 Å². The molecule has 0 aliphatic carbocycles. The maximum atomic E-state index is 13.8. The summed E-state index contributed by atoms with van der Waals surface area (Å²) >= 11 is 0. The molecule has 1 atom stereocenters. The van der Waals surface area contributed by atoms with Crippen LogP contribution in [0.3, 0.4) is 0 Å². The van der Waals surface area contributed by atoms with Crippen LogP contribution in [0.15, 0.2) is 18.2 Å². The van der Waals surface area contributed by atoms with Gasteiger partial charge in [-0.05, 0) is 6.07 Å². The minimum absolute atomic E-state index is 0.154. The van der Waals surface area contributed by atoms with E-state index >= 15 is 0 Å². The molecule has 0 amide bonds. The lowest BCUT2D eigenvalue weighted by Gasteiger charge is -2.27. The number of nitrogens with zero attached hydrogens (tertiary/aromatic N) is 2. The van der Waals surface area contributed by atoms with Gasteiger partial charge in [-0.15, -0.1) is 0 Å². The minimum atomic E-state index is -0.805. The van der Waals surface area contributed by atoms with Crippen molar-refractivity contribution in [3.05, 3.63) is 35.4 Å². The van der Waals surface area contributed by atoms with E-state index in [1.807, 2.05) is 6.07 Å². The molecule has 6 heteroatoms. The standard InChI is InChI=1S/C14H18F2N2O2/c1-19-7-5-18(6-8-20-2)14(10-17)12-4-3-11(15)9-13(12)16/h3-4,9,14H,5-8H2,1-2H3. The average molecular weight is 284 g/mol. The fourth-order valence-electron chi connectivity index (χ4n) is 1.86. The van der Waals surface area contributed by atoms with Crippen LogP contribution in [0.1, 0.15) is 11.6 Å². The number of halogens is 2. The number of benzene rings is 1. The Labute approximate surface area is 117 Å². The lowest BCUT2D eigenvalue weighted by Crippen LogP contribution is -2.34. The number of ether oxygens (including phenoxy) is 2. The first-order valence-corrected chi connectivity index (χ1v) is 6.20. The molecule has 0 saturated heterocycles. The van der Waals surface area contributed by atoms with Crippen LogP contribution in [0.4, 0.5) is 8.78 Å². The van der Waals surface area contributed by atoms with Crippen molar-refractivity contribution in [1.29, 1.82) is 5.26 Å². The largest absolute Gasteiger partial charge is 0.383 e. The average Bonchev–Trinajstić information content (AvgIpc) is 2.43. The molecule has 0 fully saturated rings. The van der Waals surface area contributed by atoms with E-state index in [4.69, 9.17) is 9.47 Å². The molecule has 4 nitrogen and oxygen atoms in total. The van der Waals surface area contributed by atoms with E-state index in [9.17, 15) is 14.0 Å². The fraction of sp³-hybridized carbons (Fsp3) is 0.500. The molecule has 0 bridgehead atoms. The van der Waals surface area contributed by atoms with Gasteiger partial charge in [0, 0.05) is 38.9 Å². The van der Waals surface area contributed by atoms with Crippen molar-refractivity contribution in [2.45, 2.75) is 6.04 Å². The van der Waals surface area contributed by atoms with E-state index < -0.39 is 17.7 Å². The van der Waals surface area contributed by atoms with Crippen molar-refractivity contribution in [2.24, 2.45) is 0 Å². The molecule has 0 aliphatic rings. The van der Waals surface area contributed by atoms with Crippen LogP contribution in [0.25, 0.3) is 0 Å². The van der Waals surface area contributed by atoms with Crippen molar-refractivity contribution in [3.8, 4) is 6.07 Å². The van der Waals surface area contributed by atoms with Crippen molar-refractivity contribution < 1.29 is 18.3 Å². The Kier molecular flexibility index (Phi) is 7.09. The highest BCUT2D eigenvalue weighted by atomic mass is 19.1. The molecule has 0 aliphatic heterocycles. The van der Waals surface area contributed by atoms with Crippen LogP contribution >= 0.6 is 0 Å². The van der Waals surface area contributed by atoms with Crippen LogP contribution in [0.5, 0.6) is 0 Å². The first-order valence-electron chi connectivity index (χ1n) is 6.20. The molecule has 0 radical (unpaired) electrons. The summed E-state index contributed by atoms with van der Waals surface area (Å²) in [5.41, 5.74) is 0.154. The first kappa shape index (κ1) is 16.5. The summed E-state index contributed by atoms with van der Waals surface area (Å²) in [6.45, 7) is 1.72. The highest BCUT2D eigenvalue weighted by Gasteiger charge is 2.23. The monoisotopic (exact) mass is 284 g/mol. The smallest absolute Gasteiger partial charge is 0.131 e. The van der Waals surface area contributed by atoms with Gasteiger partial charge in [-0.1, -0.05) is 6.07 Å². The zero-order chi connectivity index (χ0) is 15.0. The van der Waals surface area contributed by atoms with Crippen LogP contribution in [0.2, 0.25) is 0 Å². The van der Waals surface area contributed by atoms with E-state index in [2.05, 4.69) is 0 Å². The summed E-state index contributed by atoms with van der Waals surface area (Å²) in [7, 11) is 3.10. The SMILES string of the molecule is COCCN(CCOC)C(C#N)c1ccc(F)cc1F. The zero-order valence-corrected chi connectivity index (χ0v) is 11.6. The van der Waals surface area contributed by atoms with Crippen LogP contribution in [-0.4, -0.2) is 45.4 Å². The topological polar surface area (TPSA) is 45.5 Å². The van der Waals surface area contributed by atoms with Gasteiger partial charge in [0.1, 0.15) is 17.7 Å². The lowest BCUT2D eigenvalue weighted by molar-refractivity contribution is 0.0998. The number of hydrogen-bond acceptors (Lipinski definition) is 4. The Morgan fingerprint density at radius 2 is 1.80 bits per heavy atom. The van der Waals surface area contributed by atoms with Crippen molar-refractivity contribution >= 4 is 0 Å². The van der Waals surface area contributed by atoms with Crippen LogP contribution < -0.4 is 0 Å². The third-order valence-electron chi connectivity index (χ3n) is 2.91. The number of nitriles is 1. The molecule has 110 valence electrons. The summed E-state index contributed by atoms with van der Waals surface area (Å²) in [5, 5.41) is 9.31. The molecular weight excluding hydrogens is 266 g/mol. The van der Waals surface area contributed by atoms with E-state index in [1.165, 1.54) is 6.07 Å². The number of hydrogen-bond donors (Lipinski definition) is 0. The summed E-state index contributed by atoms with van der Waals surface area (Å²) in [6, 6.07) is 4.47. The Bertz CT molecular complexity index is 455. The van der Waals surface area contributed by atoms with Gasteiger partial charge >= 0.3 is 0 Å². The van der Waals surface area contributed by atoms with Crippen LogP contribution in [-0.2, 0) is 9.47 Å². The van der Waals surface area contributed by atoms with Gasteiger partial charge in [-0.3, -0.25) is 4.90 Å². The van der Waals surface area contributed by atoms with Crippen molar-refractivity contribution in [3.63, 3.8) is 0 Å². The minimum Gasteiger partial charge on any atom is -0.383 e. The van der Waals surface area contributed by atoms with Crippen LogP contribution in [0, 0.1) is 23.0 Å². The lowest BCUT2D eigenvalue weighted by atomic mass is 10.1. The van der Waals surface area contributed by atoms with Gasteiger partial charge in [-0.2, -0.15) is 5.26 Å². The molecule has 0 N–H and O–H groups in total. The maximum absolute atomic E-state index is 13.8. The van der Waals surface area contributed by atoms with Gasteiger partial charge in [-0.25, -0.2) is 8.78 Å². The number of rotatable bonds is 8. The molecule has 0 spiro atoms. The molecule has 1 unspecified atom stereocenters. The second-order valence-corrected chi connectivity index (χ2v) is 4.22. The summed E-state index contributed by atoms with van der Waals surface area (Å²) < 4.78 is 36.7. The first-order chi connectivity index (χ1) is 9.63. The van der Waals surface area contributed by atoms with E-state index in [0.717, 1.165) is 12.1 Å².